The predicted molar refractivity (Wildman–Crippen MR) is 109 cm³/mol. The van der Waals surface area contributed by atoms with Gasteiger partial charge in [-0.2, -0.15) is 0 Å². The molecule has 2 amide bonds. The van der Waals surface area contributed by atoms with Crippen LogP contribution in [0.4, 0.5) is 11.4 Å². The molecule has 2 saturated heterocycles. The van der Waals surface area contributed by atoms with Gasteiger partial charge in [-0.1, -0.05) is 55.2 Å². The van der Waals surface area contributed by atoms with Crippen molar-refractivity contribution in [2.45, 2.75) is 32.4 Å². The zero-order chi connectivity index (χ0) is 20.0. The van der Waals surface area contributed by atoms with Crippen molar-refractivity contribution in [1.29, 1.82) is 0 Å². The summed E-state index contributed by atoms with van der Waals surface area (Å²) in [6.45, 7) is 4.18. The van der Waals surface area contributed by atoms with Gasteiger partial charge in [-0.3, -0.25) is 14.4 Å². The number of nitrogens with zero attached hydrogens (tertiary/aromatic N) is 2. The maximum absolute atomic E-state index is 13.3. The van der Waals surface area contributed by atoms with Gasteiger partial charge in [0.2, 0.25) is 5.91 Å². The quantitative estimate of drug-likeness (QED) is 0.674. The van der Waals surface area contributed by atoms with E-state index in [0.29, 0.717) is 21.7 Å². The van der Waals surface area contributed by atoms with Gasteiger partial charge in [0.05, 0.1) is 33.4 Å². The second-order valence-electron chi connectivity index (χ2n) is 7.52. The van der Waals surface area contributed by atoms with E-state index in [1.165, 1.54) is 11.0 Å². The average Bonchev–Trinajstić information content (AvgIpc) is 3.14. The number of halogens is 2. The molecule has 0 N–H and O–H groups in total. The summed E-state index contributed by atoms with van der Waals surface area (Å²) in [5, 5.41) is 2.40. The van der Waals surface area contributed by atoms with Crippen LogP contribution in [0.3, 0.4) is 0 Å². The van der Waals surface area contributed by atoms with Gasteiger partial charge in [-0.15, -0.1) is 0 Å². The summed E-state index contributed by atoms with van der Waals surface area (Å²) in [6, 6.07) is 14.1. The van der Waals surface area contributed by atoms with Gasteiger partial charge in [0.1, 0.15) is 0 Å². The molecule has 0 spiro atoms. The van der Waals surface area contributed by atoms with Gasteiger partial charge in [0, 0.05) is 0 Å². The normalized spacial score (nSPS) is 24.4. The molecule has 2 heterocycles. The molecular formula is C21H20Cl2N2O3. The van der Waals surface area contributed by atoms with Crippen molar-refractivity contribution in [2.24, 2.45) is 11.8 Å². The number of hydroxylamine groups is 1. The number of carbonyl (C=O) groups excluding carboxylic acids is 2. The Bertz CT molecular complexity index is 919. The molecule has 0 bridgehead atoms. The summed E-state index contributed by atoms with van der Waals surface area (Å²) in [5.41, 5.74) is 1.25. The van der Waals surface area contributed by atoms with Crippen molar-refractivity contribution in [3.05, 3.63) is 58.6 Å². The number of rotatable bonds is 4. The Morgan fingerprint density at radius 2 is 1.68 bits per heavy atom. The third kappa shape index (κ3) is 3.17. The largest absolute Gasteiger partial charge is 0.273 e. The monoisotopic (exact) mass is 418 g/mol. The van der Waals surface area contributed by atoms with Gasteiger partial charge < -0.3 is 0 Å². The number of amides is 2. The molecule has 0 radical (unpaired) electrons. The van der Waals surface area contributed by atoms with E-state index in [0.717, 1.165) is 12.1 Å². The van der Waals surface area contributed by atoms with Crippen LogP contribution in [-0.2, 0) is 14.4 Å². The van der Waals surface area contributed by atoms with Crippen LogP contribution in [0.15, 0.2) is 48.5 Å². The van der Waals surface area contributed by atoms with E-state index in [4.69, 9.17) is 28.0 Å². The first-order chi connectivity index (χ1) is 13.4. The van der Waals surface area contributed by atoms with Gasteiger partial charge in [-0.25, -0.2) is 9.96 Å². The summed E-state index contributed by atoms with van der Waals surface area (Å²) >= 11 is 12.1. The molecule has 0 aromatic heterocycles. The zero-order valence-corrected chi connectivity index (χ0v) is 17.0. The average molecular weight is 419 g/mol. The maximum atomic E-state index is 13.3. The van der Waals surface area contributed by atoms with Crippen LogP contribution >= 0.6 is 23.2 Å². The summed E-state index contributed by atoms with van der Waals surface area (Å²) < 4.78 is 0. The summed E-state index contributed by atoms with van der Waals surface area (Å²) in [7, 11) is 0. The lowest BCUT2D eigenvalue weighted by Crippen LogP contribution is -2.41. The lowest BCUT2D eigenvalue weighted by atomic mass is 9.90. The van der Waals surface area contributed by atoms with E-state index in [1.807, 2.05) is 30.3 Å². The fourth-order valence-electron chi connectivity index (χ4n) is 3.92. The number of anilines is 2. The Balaban J connectivity index is 1.70. The molecule has 2 aliphatic heterocycles. The molecule has 3 atom stereocenters. The molecule has 28 heavy (non-hydrogen) atoms. The summed E-state index contributed by atoms with van der Waals surface area (Å²) in [4.78, 5) is 33.6. The van der Waals surface area contributed by atoms with Crippen molar-refractivity contribution >= 4 is 46.4 Å². The van der Waals surface area contributed by atoms with Crippen LogP contribution in [0, 0.1) is 11.8 Å². The highest BCUT2D eigenvalue weighted by molar-refractivity contribution is 6.42. The van der Waals surface area contributed by atoms with Crippen molar-refractivity contribution in [1.82, 2.24) is 0 Å². The van der Waals surface area contributed by atoms with E-state index in [9.17, 15) is 9.59 Å². The van der Waals surface area contributed by atoms with Crippen LogP contribution in [-0.4, -0.2) is 24.0 Å². The van der Waals surface area contributed by atoms with Gasteiger partial charge in [0.25, 0.3) is 5.91 Å². The molecule has 146 valence electrons. The van der Waals surface area contributed by atoms with Gasteiger partial charge in [-0.05, 0) is 42.7 Å². The number of carbonyl (C=O) groups is 2. The minimum atomic E-state index is -0.842. The van der Waals surface area contributed by atoms with Crippen LogP contribution in [0.5, 0.6) is 0 Å². The van der Waals surface area contributed by atoms with Crippen LogP contribution in [0.1, 0.15) is 20.3 Å². The minimum absolute atomic E-state index is 0.225. The van der Waals surface area contributed by atoms with Crippen molar-refractivity contribution in [2.75, 3.05) is 9.96 Å². The van der Waals surface area contributed by atoms with E-state index in [2.05, 4.69) is 13.8 Å². The number of hydrogen-bond donors (Lipinski definition) is 0. The Labute approximate surface area is 173 Å². The SMILES string of the molecule is CC(C)C[C@H]1[C@@H]2C(=O)N(c3ccc(Cl)c(Cl)c3)C(=O)[C@H]2ON1c1ccccc1. The standard InChI is InChI=1S/C21H20Cl2N2O3/c1-12(2)10-17-18-19(28-25(17)13-6-4-3-5-7-13)21(27)24(20(18)26)14-8-9-15(22)16(23)11-14/h3-9,11-12,17-19H,10H2,1-2H3/t17-,18-,19-/m0/s1. The summed E-state index contributed by atoms with van der Waals surface area (Å²) in [5.74, 6) is -0.872. The molecule has 0 aliphatic carbocycles. The van der Waals surface area contributed by atoms with Crippen LogP contribution in [0.25, 0.3) is 0 Å². The lowest BCUT2D eigenvalue weighted by Gasteiger charge is -2.29. The molecule has 5 nitrogen and oxygen atoms in total. The minimum Gasteiger partial charge on any atom is -0.273 e. The molecule has 2 aromatic carbocycles. The van der Waals surface area contributed by atoms with E-state index >= 15 is 0 Å². The van der Waals surface area contributed by atoms with Crippen molar-refractivity contribution in [3.8, 4) is 0 Å². The molecule has 2 aromatic rings. The molecule has 2 fully saturated rings. The molecule has 2 aliphatic rings. The zero-order valence-electron chi connectivity index (χ0n) is 15.5. The molecule has 0 unspecified atom stereocenters. The van der Waals surface area contributed by atoms with Gasteiger partial charge in [0.15, 0.2) is 6.10 Å². The summed E-state index contributed by atoms with van der Waals surface area (Å²) in [6.07, 6.45) is -0.115. The van der Waals surface area contributed by atoms with Crippen molar-refractivity contribution in [3.63, 3.8) is 0 Å². The lowest BCUT2D eigenvalue weighted by molar-refractivity contribution is -0.126. The fraction of sp³-hybridized carbons (Fsp3) is 0.333. The Hall–Kier alpha value is -2.08. The van der Waals surface area contributed by atoms with E-state index in [1.54, 1.807) is 17.2 Å². The van der Waals surface area contributed by atoms with Crippen LogP contribution < -0.4 is 9.96 Å². The second-order valence-corrected chi connectivity index (χ2v) is 8.33. The predicted octanol–water partition coefficient (Wildman–Crippen LogP) is 4.72. The van der Waals surface area contributed by atoms with Gasteiger partial charge >= 0.3 is 0 Å². The number of benzene rings is 2. The first kappa shape index (κ1) is 19.2. The second kappa shape index (κ2) is 7.39. The highest BCUT2D eigenvalue weighted by atomic mass is 35.5. The van der Waals surface area contributed by atoms with Crippen LogP contribution in [0.2, 0.25) is 10.0 Å². The molecular weight excluding hydrogens is 399 g/mol. The highest BCUT2D eigenvalue weighted by Crippen LogP contribution is 2.42. The molecule has 7 heteroatoms. The highest BCUT2D eigenvalue weighted by Gasteiger charge is 2.59. The molecule has 4 rings (SSSR count). The number of fused-ring (bicyclic) bond motifs is 1. The first-order valence-electron chi connectivity index (χ1n) is 9.22. The third-order valence-corrected chi connectivity index (χ3v) is 5.86. The van der Waals surface area contributed by atoms with E-state index in [-0.39, 0.29) is 17.9 Å². The number of para-hydroxylation sites is 1. The maximum Gasteiger partial charge on any atom is 0.266 e. The number of hydrogen-bond acceptors (Lipinski definition) is 4. The molecule has 0 saturated carbocycles. The Kier molecular flexibility index (Phi) is 5.08. The number of imide groups is 1. The fourth-order valence-corrected chi connectivity index (χ4v) is 4.21. The topological polar surface area (TPSA) is 49.9 Å². The first-order valence-corrected chi connectivity index (χ1v) is 9.98. The van der Waals surface area contributed by atoms with E-state index < -0.39 is 12.0 Å². The smallest absolute Gasteiger partial charge is 0.266 e. The Morgan fingerprint density at radius 1 is 0.964 bits per heavy atom. The Morgan fingerprint density at radius 3 is 2.32 bits per heavy atom. The third-order valence-electron chi connectivity index (χ3n) is 5.12. The van der Waals surface area contributed by atoms with Crippen molar-refractivity contribution < 1.29 is 14.4 Å².